The number of carbonyl (C=O) groups is 1. The van der Waals surface area contributed by atoms with Crippen LogP contribution in [0.25, 0.3) is 11.2 Å². The number of likely N-dealkylation sites (N-methyl/N-ethyl adjacent to an activating group) is 1. The SMILES string of the molecule is C[C@H](Cn1cccn1)NC(=O)CN(C)c1ncnc2nc[nH]c12. The molecule has 0 unspecified atom stereocenters. The number of carbonyl (C=O) groups excluding carboxylic acids is 1. The molecule has 0 saturated heterocycles. The van der Waals surface area contributed by atoms with E-state index >= 15 is 0 Å². The molecule has 1 amide bonds. The zero-order valence-corrected chi connectivity index (χ0v) is 13.0. The smallest absolute Gasteiger partial charge is 0.239 e. The van der Waals surface area contributed by atoms with Gasteiger partial charge in [0.1, 0.15) is 11.8 Å². The highest BCUT2D eigenvalue weighted by molar-refractivity contribution is 5.87. The zero-order chi connectivity index (χ0) is 16.2. The second kappa shape index (κ2) is 6.42. The Morgan fingerprint density at radius 3 is 3.09 bits per heavy atom. The lowest BCUT2D eigenvalue weighted by Gasteiger charge is -2.20. The number of fused-ring (bicyclic) bond motifs is 1. The molecule has 3 heterocycles. The molecule has 3 aromatic rings. The molecule has 0 aliphatic carbocycles. The van der Waals surface area contributed by atoms with E-state index in [2.05, 4.69) is 30.4 Å². The Labute approximate surface area is 132 Å². The van der Waals surface area contributed by atoms with Crippen LogP contribution in [0, 0.1) is 0 Å². The van der Waals surface area contributed by atoms with Crippen LogP contribution in [0.3, 0.4) is 0 Å². The van der Waals surface area contributed by atoms with E-state index in [0.717, 1.165) is 0 Å². The molecule has 1 atom stereocenters. The van der Waals surface area contributed by atoms with Crippen molar-refractivity contribution >= 4 is 22.9 Å². The summed E-state index contributed by atoms with van der Waals surface area (Å²) in [5.74, 6) is 0.556. The van der Waals surface area contributed by atoms with Crippen molar-refractivity contribution in [3.63, 3.8) is 0 Å². The van der Waals surface area contributed by atoms with E-state index in [9.17, 15) is 4.79 Å². The van der Waals surface area contributed by atoms with E-state index in [1.54, 1.807) is 29.2 Å². The first kappa shape index (κ1) is 14.9. The van der Waals surface area contributed by atoms with Crippen molar-refractivity contribution in [3.8, 4) is 0 Å². The van der Waals surface area contributed by atoms with E-state index in [4.69, 9.17) is 0 Å². The average Bonchev–Trinajstić information content (AvgIpc) is 3.16. The molecule has 0 aromatic carbocycles. The summed E-state index contributed by atoms with van der Waals surface area (Å²) >= 11 is 0. The number of nitrogens with zero attached hydrogens (tertiary/aromatic N) is 6. The number of imidazole rings is 1. The van der Waals surface area contributed by atoms with Crippen LogP contribution in [0.2, 0.25) is 0 Å². The largest absolute Gasteiger partial charge is 0.350 e. The van der Waals surface area contributed by atoms with Crippen molar-refractivity contribution in [2.45, 2.75) is 19.5 Å². The predicted molar refractivity (Wildman–Crippen MR) is 84.8 cm³/mol. The summed E-state index contributed by atoms with van der Waals surface area (Å²) in [6.45, 7) is 2.76. The van der Waals surface area contributed by atoms with E-state index in [-0.39, 0.29) is 18.5 Å². The molecule has 0 spiro atoms. The Morgan fingerprint density at radius 2 is 2.30 bits per heavy atom. The van der Waals surface area contributed by atoms with Crippen molar-refractivity contribution in [2.75, 3.05) is 18.5 Å². The average molecular weight is 314 g/mol. The first-order chi connectivity index (χ1) is 11.1. The number of anilines is 1. The van der Waals surface area contributed by atoms with Gasteiger partial charge in [-0.25, -0.2) is 15.0 Å². The second-order valence-electron chi connectivity index (χ2n) is 5.35. The molecule has 9 heteroatoms. The fraction of sp³-hybridized carbons (Fsp3) is 0.357. The summed E-state index contributed by atoms with van der Waals surface area (Å²) in [4.78, 5) is 29.3. The van der Waals surface area contributed by atoms with Crippen LogP contribution in [-0.4, -0.2) is 55.3 Å². The molecule has 23 heavy (non-hydrogen) atoms. The quantitative estimate of drug-likeness (QED) is 0.673. The Bertz CT molecular complexity index is 781. The lowest BCUT2D eigenvalue weighted by Crippen LogP contribution is -2.41. The van der Waals surface area contributed by atoms with Gasteiger partial charge in [0.2, 0.25) is 5.91 Å². The van der Waals surface area contributed by atoms with E-state index in [1.807, 2.05) is 19.2 Å². The monoisotopic (exact) mass is 314 g/mol. The van der Waals surface area contributed by atoms with Gasteiger partial charge in [0, 0.05) is 25.5 Å². The molecular weight excluding hydrogens is 296 g/mol. The minimum absolute atomic E-state index is 0.0200. The maximum absolute atomic E-state index is 12.2. The summed E-state index contributed by atoms with van der Waals surface area (Å²) in [5, 5.41) is 7.08. The lowest BCUT2D eigenvalue weighted by atomic mass is 10.3. The van der Waals surface area contributed by atoms with Crippen LogP contribution in [0.5, 0.6) is 0 Å². The highest BCUT2D eigenvalue weighted by Gasteiger charge is 2.15. The van der Waals surface area contributed by atoms with Gasteiger partial charge in [0.15, 0.2) is 11.5 Å². The topological polar surface area (TPSA) is 105 Å². The molecule has 0 fully saturated rings. The van der Waals surface area contributed by atoms with Gasteiger partial charge in [-0.15, -0.1) is 0 Å². The Balaban J connectivity index is 1.60. The van der Waals surface area contributed by atoms with Gasteiger partial charge in [-0.2, -0.15) is 5.10 Å². The standard InChI is InChI=1S/C14H18N8O/c1-10(6-22-5-3-4-19-22)20-11(23)7-21(2)14-12-13(16-8-15-12)17-9-18-14/h3-5,8-10H,6-7H2,1-2H3,(H,20,23)(H,15,16,17,18)/t10-/m1/s1. The molecule has 0 saturated carbocycles. The number of nitrogens with one attached hydrogen (secondary N) is 2. The number of amides is 1. The molecule has 0 bridgehead atoms. The van der Waals surface area contributed by atoms with Gasteiger partial charge in [0.05, 0.1) is 19.4 Å². The molecule has 9 nitrogen and oxygen atoms in total. The van der Waals surface area contributed by atoms with Crippen LogP contribution >= 0.6 is 0 Å². The van der Waals surface area contributed by atoms with Gasteiger partial charge in [-0.3, -0.25) is 9.48 Å². The maximum atomic E-state index is 12.2. The third kappa shape index (κ3) is 3.44. The summed E-state index contributed by atoms with van der Waals surface area (Å²) < 4.78 is 1.78. The van der Waals surface area contributed by atoms with Crippen LogP contribution in [-0.2, 0) is 11.3 Å². The lowest BCUT2D eigenvalue weighted by molar-refractivity contribution is -0.120. The minimum Gasteiger partial charge on any atom is -0.350 e. The van der Waals surface area contributed by atoms with E-state index in [1.165, 1.54) is 6.33 Å². The number of hydrogen-bond donors (Lipinski definition) is 2. The number of aromatic nitrogens is 6. The predicted octanol–water partition coefficient (Wildman–Crippen LogP) is 0.191. The Kier molecular flexibility index (Phi) is 4.18. The van der Waals surface area contributed by atoms with Crippen LogP contribution in [0.15, 0.2) is 31.1 Å². The highest BCUT2D eigenvalue weighted by Crippen LogP contribution is 2.17. The number of aromatic amines is 1. The van der Waals surface area contributed by atoms with Crippen LogP contribution in [0.4, 0.5) is 5.82 Å². The Morgan fingerprint density at radius 1 is 1.43 bits per heavy atom. The summed E-state index contributed by atoms with van der Waals surface area (Å²) in [5.41, 5.74) is 1.29. The van der Waals surface area contributed by atoms with E-state index in [0.29, 0.717) is 23.5 Å². The van der Waals surface area contributed by atoms with Crippen molar-refractivity contribution in [1.82, 2.24) is 35.0 Å². The maximum Gasteiger partial charge on any atom is 0.239 e. The number of rotatable bonds is 6. The number of H-pyrrole nitrogens is 1. The van der Waals surface area contributed by atoms with Crippen molar-refractivity contribution in [3.05, 3.63) is 31.1 Å². The van der Waals surface area contributed by atoms with Gasteiger partial charge >= 0.3 is 0 Å². The van der Waals surface area contributed by atoms with Crippen LogP contribution in [0.1, 0.15) is 6.92 Å². The highest BCUT2D eigenvalue weighted by atomic mass is 16.2. The van der Waals surface area contributed by atoms with Crippen molar-refractivity contribution in [2.24, 2.45) is 0 Å². The Hall–Kier alpha value is -2.97. The van der Waals surface area contributed by atoms with Gasteiger partial charge < -0.3 is 15.2 Å². The van der Waals surface area contributed by atoms with Crippen LogP contribution < -0.4 is 10.2 Å². The molecule has 2 N–H and O–H groups in total. The summed E-state index contributed by atoms with van der Waals surface area (Å²) in [6.07, 6.45) is 6.58. The van der Waals surface area contributed by atoms with Gasteiger partial charge in [0.25, 0.3) is 0 Å². The number of hydrogen-bond acceptors (Lipinski definition) is 6. The van der Waals surface area contributed by atoms with Gasteiger partial charge in [-0.1, -0.05) is 0 Å². The normalized spacial score (nSPS) is 12.3. The first-order valence-electron chi connectivity index (χ1n) is 7.25. The van der Waals surface area contributed by atoms with Crippen molar-refractivity contribution in [1.29, 1.82) is 0 Å². The minimum atomic E-state index is -0.0848. The second-order valence-corrected chi connectivity index (χ2v) is 5.35. The third-order valence-electron chi connectivity index (χ3n) is 3.37. The van der Waals surface area contributed by atoms with Crippen molar-refractivity contribution < 1.29 is 4.79 Å². The molecule has 0 aliphatic heterocycles. The summed E-state index contributed by atoms with van der Waals surface area (Å²) in [7, 11) is 1.81. The fourth-order valence-corrected chi connectivity index (χ4v) is 2.39. The van der Waals surface area contributed by atoms with E-state index < -0.39 is 0 Å². The molecule has 3 rings (SSSR count). The zero-order valence-electron chi connectivity index (χ0n) is 13.0. The molecule has 3 aromatic heterocycles. The third-order valence-corrected chi connectivity index (χ3v) is 3.37. The summed E-state index contributed by atoms with van der Waals surface area (Å²) in [6, 6.07) is 1.83. The first-order valence-corrected chi connectivity index (χ1v) is 7.25. The molecule has 0 radical (unpaired) electrons. The molecular formula is C14H18N8O. The van der Waals surface area contributed by atoms with Gasteiger partial charge in [-0.05, 0) is 13.0 Å². The molecule has 0 aliphatic rings. The molecule has 120 valence electrons. The fourth-order valence-electron chi connectivity index (χ4n) is 2.39.